The highest BCUT2D eigenvalue weighted by atomic mass is 16.5. The number of hydrogen-bond acceptors (Lipinski definition) is 2. The van der Waals surface area contributed by atoms with Crippen molar-refractivity contribution in [3.05, 3.63) is 60.3 Å². The third-order valence-corrected chi connectivity index (χ3v) is 3.43. The van der Waals surface area contributed by atoms with Crippen LogP contribution >= 0.6 is 0 Å². The first-order chi connectivity index (χ1) is 9.29. The number of aryl methyl sites for hydroxylation is 1. The number of pyridine rings is 1. The van der Waals surface area contributed by atoms with Crippen LogP contribution in [0.2, 0.25) is 0 Å². The summed E-state index contributed by atoms with van der Waals surface area (Å²) >= 11 is 0. The molecule has 0 atom stereocenters. The van der Waals surface area contributed by atoms with Gasteiger partial charge in [0.1, 0.15) is 5.75 Å². The zero-order chi connectivity index (χ0) is 13.2. The number of fused-ring (bicyclic) bond motifs is 1. The maximum absolute atomic E-state index is 5.30. The van der Waals surface area contributed by atoms with Gasteiger partial charge >= 0.3 is 0 Å². The Hall–Kier alpha value is -2.35. The minimum absolute atomic E-state index is 0.864. The molecule has 0 unspecified atom stereocenters. The monoisotopic (exact) mass is 249 g/mol. The van der Waals surface area contributed by atoms with E-state index in [0.717, 1.165) is 16.7 Å². The number of nitrogens with zero attached hydrogens (tertiary/aromatic N) is 1. The van der Waals surface area contributed by atoms with E-state index in [-0.39, 0.29) is 0 Å². The fourth-order valence-electron chi connectivity index (χ4n) is 2.34. The molecule has 0 bridgehead atoms. The quantitative estimate of drug-likeness (QED) is 0.678. The SMILES string of the molecule is COc1ccc2ncc(-c3ccccc3)c(C)c2c1. The molecule has 2 nitrogen and oxygen atoms in total. The van der Waals surface area contributed by atoms with E-state index in [1.54, 1.807) is 7.11 Å². The van der Waals surface area contributed by atoms with Gasteiger partial charge in [-0.25, -0.2) is 0 Å². The van der Waals surface area contributed by atoms with Crippen molar-refractivity contribution < 1.29 is 4.74 Å². The van der Waals surface area contributed by atoms with Crippen LogP contribution in [-0.2, 0) is 0 Å². The summed E-state index contributed by atoms with van der Waals surface area (Å²) in [6, 6.07) is 16.3. The van der Waals surface area contributed by atoms with Gasteiger partial charge < -0.3 is 4.74 Å². The molecular weight excluding hydrogens is 234 g/mol. The average molecular weight is 249 g/mol. The van der Waals surface area contributed by atoms with Crippen LogP contribution in [0.15, 0.2) is 54.7 Å². The summed E-state index contributed by atoms with van der Waals surface area (Å²) in [5.41, 5.74) is 4.59. The highest BCUT2D eigenvalue weighted by Gasteiger charge is 2.07. The lowest BCUT2D eigenvalue weighted by atomic mass is 9.99. The van der Waals surface area contributed by atoms with Crippen LogP contribution < -0.4 is 4.74 Å². The normalized spacial score (nSPS) is 10.6. The molecule has 1 heterocycles. The van der Waals surface area contributed by atoms with E-state index in [9.17, 15) is 0 Å². The fourth-order valence-corrected chi connectivity index (χ4v) is 2.34. The standard InChI is InChI=1S/C17H15NO/c1-12-15-10-14(19-2)8-9-17(15)18-11-16(12)13-6-4-3-5-7-13/h3-11H,1-2H3. The summed E-state index contributed by atoms with van der Waals surface area (Å²) in [6.07, 6.45) is 1.94. The van der Waals surface area contributed by atoms with Gasteiger partial charge in [0.25, 0.3) is 0 Å². The molecule has 1 aromatic heterocycles. The third kappa shape index (κ3) is 2.06. The van der Waals surface area contributed by atoms with Crippen LogP contribution in [0.25, 0.3) is 22.0 Å². The summed E-state index contributed by atoms with van der Waals surface area (Å²) in [7, 11) is 1.69. The first kappa shape index (κ1) is 11.7. The molecule has 0 saturated carbocycles. The molecular formula is C17H15NO. The van der Waals surface area contributed by atoms with Crippen molar-refractivity contribution in [1.29, 1.82) is 0 Å². The van der Waals surface area contributed by atoms with Crippen molar-refractivity contribution in [3.63, 3.8) is 0 Å². The van der Waals surface area contributed by atoms with Crippen LogP contribution in [0.4, 0.5) is 0 Å². The van der Waals surface area contributed by atoms with Crippen LogP contribution in [0.1, 0.15) is 5.56 Å². The van der Waals surface area contributed by atoms with Crippen molar-refractivity contribution in [2.75, 3.05) is 7.11 Å². The summed E-state index contributed by atoms with van der Waals surface area (Å²) < 4.78 is 5.30. The molecule has 0 saturated heterocycles. The molecule has 19 heavy (non-hydrogen) atoms. The molecule has 0 N–H and O–H groups in total. The second kappa shape index (κ2) is 4.73. The molecule has 0 aliphatic carbocycles. The van der Waals surface area contributed by atoms with Gasteiger partial charge in [0.15, 0.2) is 0 Å². The number of benzene rings is 2. The number of hydrogen-bond donors (Lipinski definition) is 0. The Morgan fingerprint density at radius 1 is 1.00 bits per heavy atom. The Kier molecular flexibility index (Phi) is 2.92. The summed E-state index contributed by atoms with van der Waals surface area (Å²) in [5.74, 6) is 0.864. The smallest absolute Gasteiger partial charge is 0.119 e. The Morgan fingerprint density at radius 2 is 1.79 bits per heavy atom. The summed E-state index contributed by atoms with van der Waals surface area (Å²) in [6.45, 7) is 2.13. The van der Waals surface area contributed by atoms with Gasteiger partial charge in [0.05, 0.1) is 12.6 Å². The van der Waals surface area contributed by atoms with Gasteiger partial charge in [-0.15, -0.1) is 0 Å². The Morgan fingerprint density at radius 3 is 2.53 bits per heavy atom. The second-order valence-electron chi connectivity index (χ2n) is 4.55. The predicted molar refractivity (Wildman–Crippen MR) is 78.5 cm³/mol. The Balaban J connectivity index is 2.25. The van der Waals surface area contributed by atoms with Crippen molar-refractivity contribution in [3.8, 4) is 16.9 Å². The van der Waals surface area contributed by atoms with Crippen LogP contribution in [0.3, 0.4) is 0 Å². The molecule has 0 spiro atoms. The molecule has 3 rings (SSSR count). The zero-order valence-corrected chi connectivity index (χ0v) is 11.1. The molecule has 2 heteroatoms. The van der Waals surface area contributed by atoms with Crippen LogP contribution in [0.5, 0.6) is 5.75 Å². The van der Waals surface area contributed by atoms with E-state index < -0.39 is 0 Å². The molecule has 2 aromatic carbocycles. The molecule has 0 aliphatic heterocycles. The minimum atomic E-state index is 0.864. The largest absolute Gasteiger partial charge is 0.497 e. The van der Waals surface area contributed by atoms with Gasteiger partial charge in [-0.05, 0) is 36.2 Å². The molecule has 0 radical (unpaired) electrons. The lowest BCUT2D eigenvalue weighted by Crippen LogP contribution is -1.90. The van der Waals surface area contributed by atoms with Crippen LogP contribution in [-0.4, -0.2) is 12.1 Å². The molecule has 0 amide bonds. The van der Waals surface area contributed by atoms with Crippen molar-refractivity contribution >= 4 is 10.9 Å². The maximum atomic E-state index is 5.30. The molecule has 0 fully saturated rings. The van der Waals surface area contributed by atoms with Crippen molar-refractivity contribution in [2.45, 2.75) is 6.92 Å². The predicted octanol–water partition coefficient (Wildman–Crippen LogP) is 4.22. The number of rotatable bonds is 2. The van der Waals surface area contributed by atoms with E-state index in [0.29, 0.717) is 0 Å². The summed E-state index contributed by atoms with van der Waals surface area (Å²) in [4.78, 5) is 4.54. The molecule has 94 valence electrons. The maximum Gasteiger partial charge on any atom is 0.119 e. The minimum Gasteiger partial charge on any atom is -0.497 e. The third-order valence-electron chi connectivity index (χ3n) is 3.43. The number of aromatic nitrogens is 1. The van der Waals surface area contributed by atoms with E-state index >= 15 is 0 Å². The molecule has 0 aliphatic rings. The fraction of sp³-hybridized carbons (Fsp3) is 0.118. The van der Waals surface area contributed by atoms with E-state index in [1.807, 2.05) is 42.6 Å². The van der Waals surface area contributed by atoms with Gasteiger partial charge in [-0.1, -0.05) is 30.3 Å². The lowest BCUT2D eigenvalue weighted by Gasteiger charge is -2.10. The van der Waals surface area contributed by atoms with Gasteiger partial charge in [0, 0.05) is 17.1 Å². The lowest BCUT2D eigenvalue weighted by molar-refractivity contribution is 0.415. The first-order valence-corrected chi connectivity index (χ1v) is 6.28. The van der Waals surface area contributed by atoms with Crippen molar-refractivity contribution in [1.82, 2.24) is 4.98 Å². The second-order valence-corrected chi connectivity index (χ2v) is 4.55. The topological polar surface area (TPSA) is 22.1 Å². The summed E-state index contributed by atoms with van der Waals surface area (Å²) in [5, 5.41) is 1.14. The van der Waals surface area contributed by atoms with Gasteiger partial charge in [0.2, 0.25) is 0 Å². The number of ether oxygens (including phenoxy) is 1. The van der Waals surface area contributed by atoms with E-state index in [2.05, 4.69) is 24.0 Å². The van der Waals surface area contributed by atoms with E-state index in [1.165, 1.54) is 16.7 Å². The van der Waals surface area contributed by atoms with Crippen molar-refractivity contribution in [2.24, 2.45) is 0 Å². The average Bonchev–Trinajstić information content (AvgIpc) is 2.48. The van der Waals surface area contributed by atoms with Gasteiger partial charge in [-0.3, -0.25) is 4.98 Å². The first-order valence-electron chi connectivity index (χ1n) is 6.28. The number of methoxy groups -OCH3 is 1. The zero-order valence-electron chi connectivity index (χ0n) is 11.1. The molecule has 3 aromatic rings. The highest BCUT2D eigenvalue weighted by molar-refractivity contribution is 5.89. The Labute approximate surface area is 112 Å². The van der Waals surface area contributed by atoms with E-state index in [4.69, 9.17) is 4.74 Å². The van der Waals surface area contributed by atoms with Gasteiger partial charge in [-0.2, -0.15) is 0 Å². The van der Waals surface area contributed by atoms with Crippen LogP contribution in [0, 0.1) is 6.92 Å². The Bertz CT molecular complexity index is 720. The highest BCUT2D eigenvalue weighted by Crippen LogP contribution is 2.29.